The Hall–Kier alpha value is -1.65. The highest BCUT2D eigenvalue weighted by molar-refractivity contribution is 7.90. The minimum atomic E-state index is -2.47. The number of aliphatic hydroxyl groups excluding tert-OH is 1. The summed E-state index contributed by atoms with van der Waals surface area (Å²) in [5.74, 6) is 3.20. The summed E-state index contributed by atoms with van der Waals surface area (Å²) in [6, 6.07) is 9.60. The van der Waals surface area contributed by atoms with Crippen LogP contribution < -0.4 is 4.78 Å². The fourth-order valence-electron chi connectivity index (χ4n) is 6.70. The van der Waals surface area contributed by atoms with Crippen molar-refractivity contribution in [2.24, 2.45) is 23.7 Å². The summed E-state index contributed by atoms with van der Waals surface area (Å²) in [5, 5.41) is 10.1. The zero-order valence-electron chi connectivity index (χ0n) is 21.0. The Labute approximate surface area is 207 Å². The lowest BCUT2D eigenvalue weighted by Crippen LogP contribution is -2.42. The lowest BCUT2D eigenvalue weighted by molar-refractivity contribution is -0.0829. The number of allylic oxidation sites excluding steroid dienone is 4. The molecule has 1 aromatic carbocycles. The number of hydrogen-bond acceptors (Lipinski definition) is 2. The van der Waals surface area contributed by atoms with Crippen molar-refractivity contribution < 1.29 is 14.1 Å². The highest BCUT2D eigenvalue weighted by atomic mass is 32.2. The Bertz CT molecular complexity index is 1010. The molecule has 3 aliphatic rings. The molecule has 0 saturated heterocycles. The van der Waals surface area contributed by atoms with Gasteiger partial charge in [-0.25, -0.2) is 8.99 Å². The van der Waals surface area contributed by atoms with Crippen molar-refractivity contribution in [1.82, 2.24) is 0 Å². The number of aliphatic hydroxyl groups is 1. The third kappa shape index (κ3) is 6.12. The second-order valence-corrected chi connectivity index (χ2v) is 13.4. The standard InChI is InChI=1S/C30H43NO2S/c1-22-13-16-26(32)21-25(22)15-14-24-9-5-3-8-12-30-28(17-18-29(24)30)23(2)19-20-34(31,33)27-10-6-4-7-11-27/h4,6-7,10-11,14-15,23,26,28-32H,1,3,5,8-9,12-13,16-21H2,2H3/p+1/b24-14+,25-15-/t23-,26+,28-,29+,30+,34?/m1/s1. The number of hydrogen-bond donors (Lipinski definition) is 2. The topological polar surface area (TPSA) is 62.9 Å². The maximum atomic E-state index is 13.2. The number of benzene rings is 1. The molecule has 0 aromatic heterocycles. The molecule has 3 fully saturated rings. The molecule has 3 N–H and O–H groups in total. The van der Waals surface area contributed by atoms with Gasteiger partial charge in [-0.1, -0.05) is 67.8 Å². The van der Waals surface area contributed by atoms with Gasteiger partial charge in [-0.3, -0.25) is 0 Å². The Morgan fingerprint density at radius 1 is 1.09 bits per heavy atom. The van der Waals surface area contributed by atoms with Crippen LogP contribution in [0.2, 0.25) is 0 Å². The molecule has 3 saturated carbocycles. The largest absolute Gasteiger partial charge is 0.393 e. The third-order valence-electron chi connectivity index (χ3n) is 8.79. The van der Waals surface area contributed by atoms with Gasteiger partial charge in [0.05, 0.1) is 16.8 Å². The minimum absolute atomic E-state index is 0.217. The summed E-state index contributed by atoms with van der Waals surface area (Å²) in [7, 11) is -2.47. The zero-order valence-corrected chi connectivity index (χ0v) is 21.8. The number of rotatable bonds is 6. The molecule has 3 aliphatic carbocycles. The van der Waals surface area contributed by atoms with Crippen molar-refractivity contribution >= 4 is 9.73 Å². The normalized spacial score (nSPS) is 33.2. The van der Waals surface area contributed by atoms with Crippen LogP contribution in [0.25, 0.3) is 0 Å². The van der Waals surface area contributed by atoms with Gasteiger partial charge in [-0.15, -0.1) is 0 Å². The Balaban J connectivity index is 1.45. The molecule has 0 aliphatic heterocycles. The van der Waals surface area contributed by atoms with Crippen molar-refractivity contribution in [2.75, 3.05) is 5.75 Å². The van der Waals surface area contributed by atoms with Crippen LogP contribution in [0, 0.1) is 23.7 Å². The molecule has 0 radical (unpaired) electrons. The van der Waals surface area contributed by atoms with E-state index in [1.54, 1.807) is 5.57 Å². The van der Waals surface area contributed by atoms with Gasteiger partial charge >= 0.3 is 0 Å². The van der Waals surface area contributed by atoms with E-state index in [0.717, 1.165) is 36.5 Å². The molecule has 0 spiro atoms. The molecule has 4 rings (SSSR count). The van der Waals surface area contributed by atoms with E-state index in [-0.39, 0.29) is 6.10 Å². The summed E-state index contributed by atoms with van der Waals surface area (Å²) in [6.45, 7) is 6.61. The van der Waals surface area contributed by atoms with Crippen molar-refractivity contribution in [1.29, 1.82) is 0 Å². The first-order valence-electron chi connectivity index (χ1n) is 13.5. The molecule has 186 valence electrons. The van der Waals surface area contributed by atoms with Crippen molar-refractivity contribution in [3.8, 4) is 0 Å². The van der Waals surface area contributed by atoms with Gasteiger partial charge in [0.25, 0.3) is 0 Å². The SMILES string of the molecule is C=C1CC[C@H](O)C/C1=C/C=C1\CCCCC[C@H]2[C@@H]([C@H](C)CCS(=[NH2+])(=O)c3ccccc3)CC[C@@H]12. The maximum absolute atomic E-state index is 13.2. The van der Waals surface area contributed by atoms with E-state index in [4.69, 9.17) is 4.78 Å². The lowest BCUT2D eigenvalue weighted by atomic mass is 9.73. The predicted molar refractivity (Wildman–Crippen MR) is 141 cm³/mol. The Morgan fingerprint density at radius 3 is 2.68 bits per heavy atom. The van der Waals surface area contributed by atoms with Gasteiger partial charge in [-0.05, 0) is 99.2 Å². The molecule has 3 nitrogen and oxygen atoms in total. The quantitative estimate of drug-likeness (QED) is 0.533. The fraction of sp³-hybridized carbons (Fsp3) is 0.600. The fourth-order valence-corrected chi connectivity index (χ4v) is 8.27. The van der Waals surface area contributed by atoms with Gasteiger partial charge in [0.2, 0.25) is 0 Å². The molecule has 4 heteroatoms. The van der Waals surface area contributed by atoms with E-state index >= 15 is 0 Å². The zero-order chi connectivity index (χ0) is 24.1. The van der Waals surface area contributed by atoms with Crippen LogP contribution in [0.4, 0.5) is 0 Å². The average molecular weight is 483 g/mol. The first-order chi connectivity index (χ1) is 16.3. The smallest absolute Gasteiger partial charge is 0.179 e. The van der Waals surface area contributed by atoms with Crippen LogP contribution in [0.15, 0.2) is 70.7 Å². The van der Waals surface area contributed by atoms with Crippen molar-refractivity contribution in [3.05, 3.63) is 65.8 Å². The van der Waals surface area contributed by atoms with E-state index in [1.807, 2.05) is 30.3 Å². The van der Waals surface area contributed by atoms with E-state index in [9.17, 15) is 9.32 Å². The van der Waals surface area contributed by atoms with Crippen LogP contribution in [-0.4, -0.2) is 21.2 Å². The molecular formula is C30H44NO2S+. The molecule has 0 amide bonds. The molecule has 0 bridgehead atoms. The molecule has 0 heterocycles. The van der Waals surface area contributed by atoms with Crippen LogP contribution in [0.3, 0.4) is 0 Å². The molecule has 34 heavy (non-hydrogen) atoms. The highest BCUT2D eigenvalue weighted by Crippen LogP contribution is 2.50. The summed E-state index contributed by atoms with van der Waals surface area (Å²) < 4.78 is 19.5. The second-order valence-electron chi connectivity index (χ2n) is 11.1. The monoisotopic (exact) mass is 482 g/mol. The van der Waals surface area contributed by atoms with Gasteiger partial charge in [0.15, 0.2) is 9.73 Å². The molecular weight excluding hydrogens is 438 g/mol. The summed E-state index contributed by atoms with van der Waals surface area (Å²) >= 11 is 0. The predicted octanol–water partition coefficient (Wildman–Crippen LogP) is 5.86. The number of nitrogens with two attached hydrogens (primary N) is 1. The first kappa shape index (κ1) is 25.4. The van der Waals surface area contributed by atoms with E-state index in [0.29, 0.717) is 23.5 Å². The first-order valence-corrected chi connectivity index (χ1v) is 15.2. The molecule has 1 unspecified atom stereocenters. The Morgan fingerprint density at radius 2 is 1.88 bits per heavy atom. The van der Waals surface area contributed by atoms with E-state index in [1.165, 1.54) is 56.1 Å². The van der Waals surface area contributed by atoms with Gasteiger partial charge < -0.3 is 5.11 Å². The summed E-state index contributed by atoms with van der Waals surface area (Å²) in [5.41, 5.74) is 4.06. The summed E-state index contributed by atoms with van der Waals surface area (Å²) in [4.78, 5) is 0.783. The lowest BCUT2D eigenvalue weighted by Gasteiger charge is -2.32. The minimum Gasteiger partial charge on any atom is -0.393 e. The van der Waals surface area contributed by atoms with E-state index < -0.39 is 9.73 Å². The Kier molecular flexibility index (Phi) is 8.52. The van der Waals surface area contributed by atoms with Crippen molar-refractivity contribution in [2.45, 2.75) is 88.6 Å². The van der Waals surface area contributed by atoms with Crippen LogP contribution >= 0.6 is 0 Å². The molecule has 6 atom stereocenters. The molecule has 1 aromatic rings. The second kappa shape index (κ2) is 11.4. The average Bonchev–Trinajstić information content (AvgIpc) is 3.23. The highest BCUT2D eigenvalue weighted by Gasteiger charge is 2.40. The van der Waals surface area contributed by atoms with Crippen molar-refractivity contribution in [3.63, 3.8) is 0 Å². The third-order valence-corrected chi connectivity index (χ3v) is 10.7. The van der Waals surface area contributed by atoms with E-state index in [2.05, 4.69) is 25.7 Å². The van der Waals surface area contributed by atoms with Gasteiger partial charge in [-0.2, -0.15) is 0 Å². The van der Waals surface area contributed by atoms with Crippen LogP contribution in [-0.2, 0) is 9.73 Å². The number of fused-ring (bicyclic) bond motifs is 1. The van der Waals surface area contributed by atoms with Gasteiger partial charge in [0, 0.05) is 0 Å². The van der Waals surface area contributed by atoms with Crippen LogP contribution in [0.1, 0.15) is 77.6 Å². The van der Waals surface area contributed by atoms with Gasteiger partial charge in [0.1, 0.15) is 0 Å². The maximum Gasteiger partial charge on any atom is 0.179 e. The van der Waals surface area contributed by atoms with Crippen LogP contribution in [0.5, 0.6) is 0 Å². The summed E-state index contributed by atoms with van der Waals surface area (Å²) in [6.07, 6.45) is 16.9.